The molecule has 0 saturated heterocycles. The van der Waals surface area contributed by atoms with Crippen LogP contribution in [0.2, 0.25) is 0 Å². The number of hydrogen-bond acceptors (Lipinski definition) is 4. The molecule has 2 rings (SSSR count). The summed E-state index contributed by atoms with van der Waals surface area (Å²) in [7, 11) is 0. The Morgan fingerprint density at radius 3 is 1.71 bits per heavy atom. The Morgan fingerprint density at radius 1 is 0.613 bits per heavy atom. The summed E-state index contributed by atoms with van der Waals surface area (Å²) in [6.07, 6.45) is 24.0. The minimum atomic E-state index is 0.0232. The lowest BCUT2D eigenvalue weighted by Crippen LogP contribution is -2.29. The van der Waals surface area contributed by atoms with Crippen LogP contribution >= 0.6 is 0 Å². The van der Waals surface area contributed by atoms with Crippen LogP contribution in [0, 0.1) is 5.92 Å². The van der Waals surface area contributed by atoms with Crippen LogP contribution in [-0.4, -0.2) is 38.0 Å². The van der Waals surface area contributed by atoms with Crippen molar-refractivity contribution in [2.24, 2.45) is 5.92 Å². The molecule has 0 aromatic rings. The zero-order valence-corrected chi connectivity index (χ0v) is 20.4. The summed E-state index contributed by atoms with van der Waals surface area (Å²) in [4.78, 5) is 12.3. The molecule has 0 atom stereocenters. The zero-order chi connectivity index (χ0) is 22.0. The van der Waals surface area contributed by atoms with E-state index in [0.29, 0.717) is 32.0 Å². The molecule has 0 N–H and O–H groups in total. The summed E-state index contributed by atoms with van der Waals surface area (Å²) in [6.45, 7) is 4.27. The average Bonchev–Trinajstić information content (AvgIpc) is 2.81. The minimum Gasteiger partial charge on any atom is -0.465 e. The normalized spacial score (nSPS) is 22.5. The number of esters is 1. The molecule has 2 fully saturated rings. The summed E-state index contributed by atoms with van der Waals surface area (Å²) < 4.78 is 17.5. The monoisotopic (exact) mass is 438 g/mol. The Kier molecular flexibility index (Phi) is 15.4. The van der Waals surface area contributed by atoms with Crippen molar-refractivity contribution >= 4 is 5.97 Å². The van der Waals surface area contributed by atoms with Gasteiger partial charge in [0.05, 0.1) is 37.9 Å². The molecular weight excluding hydrogens is 388 g/mol. The molecule has 0 heterocycles. The third kappa shape index (κ3) is 12.9. The first-order chi connectivity index (χ1) is 15.3. The summed E-state index contributed by atoms with van der Waals surface area (Å²) in [6, 6.07) is 0. The summed E-state index contributed by atoms with van der Waals surface area (Å²) in [5.41, 5.74) is 0. The van der Waals surface area contributed by atoms with E-state index in [-0.39, 0.29) is 11.9 Å². The largest absolute Gasteiger partial charge is 0.465 e. The van der Waals surface area contributed by atoms with Gasteiger partial charge in [-0.25, -0.2) is 0 Å². The smallest absolute Gasteiger partial charge is 0.308 e. The first kappa shape index (κ1) is 26.6. The van der Waals surface area contributed by atoms with Gasteiger partial charge in [0.1, 0.15) is 0 Å². The molecule has 2 aliphatic rings. The van der Waals surface area contributed by atoms with Gasteiger partial charge in [0.15, 0.2) is 0 Å². The molecule has 0 aliphatic heterocycles. The van der Waals surface area contributed by atoms with Crippen molar-refractivity contribution in [2.45, 2.75) is 141 Å². The fourth-order valence-electron chi connectivity index (χ4n) is 5.01. The third-order valence-corrected chi connectivity index (χ3v) is 7.09. The fourth-order valence-corrected chi connectivity index (χ4v) is 5.01. The van der Waals surface area contributed by atoms with Crippen molar-refractivity contribution in [1.29, 1.82) is 0 Å². The lowest BCUT2D eigenvalue weighted by atomic mass is 9.87. The highest BCUT2D eigenvalue weighted by molar-refractivity contribution is 5.72. The maximum atomic E-state index is 12.3. The maximum Gasteiger partial charge on any atom is 0.308 e. The molecule has 0 spiro atoms. The molecule has 2 aliphatic carbocycles. The number of rotatable bonds is 17. The van der Waals surface area contributed by atoms with Crippen LogP contribution in [-0.2, 0) is 19.0 Å². The van der Waals surface area contributed by atoms with Crippen LogP contribution in [0.25, 0.3) is 0 Å². The van der Waals surface area contributed by atoms with Crippen LogP contribution in [0.1, 0.15) is 129 Å². The van der Waals surface area contributed by atoms with Crippen LogP contribution in [0.5, 0.6) is 0 Å². The maximum absolute atomic E-state index is 12.3. The van der Waals surface area contributed by atoms with E-state index in [1.807, 2.05) is 0 Å². The molecule has 0 unspecified atom stereocenters. The van der Waals surface area contributed by atoms with Gasteiger partial charge in [0.25, 0.3) is 0 Å². The van der Waals surface area contributed by atoms with E-state index in [4.69, 9.17) is 14.2 Å². The average molecular weight is 439 g/mol. The first-order valence-corrected chi connectivity index (χ1v) is 13.7. The molecule has 0 radical (unpaired) electrons. The van der Waals surface area contributed by atoms with E-state index in [9.17, 15) is 4.79 Å². The van der Waals surface area contributed by atoms with Gasteiger partial charge in [0, 0.05) is 0 Å². The predicted molar refractivity (Wildman–Crippen MR) is 127 cm³/mol. The van der Waals surface area contributed by atoms with Crippen LogP contribution in [0.15, 0.2) is 0 Å². The summed E-state index contributed by atoms with van der Waals surface area (Å²) in [5.74, 6) is 0.108. The van der Waals surface area contributed by atoms with Crippen LogP contribution < -0.4 is 0 Å². The molecule has 182 valence electrons. The zero-order valence-electron chi connectivity index (χ0n) is 20.4. The number of carbonyl (C=O) groups excluding carboxylic acids is 1. The number of unbranched alkanes of at least 4 members (excludes halogenated alkanes) is 9. The van der Waals surface area contributed by atoms with Gasteiger partial charge >= 0.3 is 5.97 Å². The molecular formula is C27H50O4. The Labute approximate surface area is 192 Å². The minimum absolute atomic E-state index is 0.0232. The van der Waals surface area contributed by atoms with Gasteiger partial charge in [-0.1, -0.05) is 84.0 Å². The van der Waals surface area contributed by atoms with Gasteiger partial charge in [-0.2, -0.15) is 0 Å². The van der Waals surface area contributed by atoms with Crippen molar-refractivity contribution in [3.8, 4) is 0 Å². The van der Waals surface area contributed by atoms with E-state index in [0.717, 1.165) is 32.1 Å². The third-order valence-electron chi connectivity index (χ3n) is 7.09. The van der Waals surface area contributed by atoms with Gasteiger partial charge in [-0.15, -0.1) is 0 Å². The Bertz CT molecular complexity index is 425. The molecule has 0 bridgehead atoms. The topological polar surface area (TPSA) is 44.8 Å². The lowest BCUT2D eigenvalue weighted by Gasteiger charge is -2.28. The number of ether oxygens (including phenoxy) is 3. The second-order valence-corrected chi connectivity index (χ2v) is 9.82. The quantitative estimate of drug-likeness (QED) is 0.176. The Morgan fingerprint density at radius 2 is 1.13 bits per heavy atom. The molecule has 0 amide bonds. The highest BCUT2D eigenvalue weighted by Crippen LogP contribution is 2.27. The lowest BCUT2D eigenvalue weighted by molar-refractivity contribution is -0.151. The molecule has 4 nitrogen and oxygen atoms in total. The van der Waals surface area contributed by atoms with Gasteiger partial charge < -0.3 is 14.2 Å². The molecule has 31 heavy (non-hydrogen) atoms. The van der Waals surface area contributed by atoms with Gasteiger partial charge in [0.2, 0.25) is 0 Å². The van der Waals surface area contributed by atoms with Crippen LogP contribution in [0.3, 0.4) is 0 Å². The van der Waals surface area contributed by atoms with Crippen molar-refractivity contribution in [2.75, 3.05) is 19.8 Å². The number of carbonyl (C=O) groups is 1. The standard InChI is InChI=1S/C27H50O4/c1-2-3-4-5-6-7-8-9-10-14-21-31-27(28)24-17-19-26(20-18-24)30-23-22-29-25-15-12-11-13-16-25/h24-26H,2-23H2,1H3. The SMILES string of the molecule is CCCCCCCCCCCCOC(=O)C1CCC(OCCOC2CCCCC2)CC1. The Hall–Kier alpha value is -0.610. The van der Waals surface area contributed by atoms with Crippen molar-refractivity contribution in [1.82, 2.24) is 0 Å². The fraction of sp³-hybridized carbons (Fsp3) is 0.963. The van der Waals surface area contributed by atoms with E-state index in [1.165, 1.54) is 89.9 Å². The van der Waals surface area contributed by atoms with Crippen molar-refractivity contribution in [3.05, 3.63) is 0 Å². The van der Waals surface area contributed by atoms with Crippen LogP contribution in [0.4, 0.5) is 0 Å². The highest BCUT2D eigenvalue weighted by Gasteiger charge is 2.27. The van der Waals surface area contributed by atoms with Crippen molar-refractivity contribution < 1.29 is 19.0 Å². The molecule has 0 aromatic carbocycles. The highest BCUT2D eigenvalue weighted by atomic mass is 16.5. The van der Waals surface area contributed by atoms with Gasteiger partial charge in [-0.3, -0.25) is 4.79 Å². The Balaban J connectivity index is 1.37. The number of hydrogen-bond donors (Lipinski definition) is 0. The molecule has 0 aromatic heterocycles. The summed E-state index contributed by atoms with van der Waals surface area (Å²) >= 11 is 0. The second kappa shape index (κ2) is 17.9. The molecule has 4 heteroatoms. The second-order valence-electron chi connectivity index (χ2n) is 9.82. The summed E-state index contributed by atoms with van der Waals surface area (Å²) in [5, 5.41) is 0. The van der Waals surface area contributed by atoms with E-state index in [2.05, 4.69) is 6.92 Å². The van der Waals surface area contributed by atoms with Crippen molar-refractivity contribution in [3.63, 3.8) is 0 Å². The molecule has 2 saturated carbocycles. The van der Waals surface area contributed by atoms with Gasteiger partial charge in [-0.05, 0) is 44.9 Å². The predicted octanol–water partition coefficient (Wildman–Crippen LogP) is 7.38. The van der Waals surface area contributed by atoms with E-state index in [1.54, 1.807) is 0 Å². The van der Waals surface area contributed by atoms with E-state index < -0.39 is 0 Å². The first-order valence-electron chi connectivity index (χ1n) is 13.7. The van der Waals surface area contributed by atoms with E-state index >= 15 is 0 Å².